The smallest absolute Gasteiger partial charge is 0.411 e. The Balaban J connectivity index is 1.54. The molecule has 3 aromatic rings. The highest BCUT2D eigenvalue weighted by Crippen LogP contribution is 2.26. The molecular weight excluding hydrogens is 368 g/mol. The number of hydrogen-bond donors (Lipinski definition) is 1. The van der Waals surface area contributed by atoms with Crippen LogP contribution in [0.3, 0.4) is 0 Å². The van der Waals surface area contributed by atoms with Gasteiger partial charge in [-0.2, -0.15) is 5.10 Å². The minimum absolute atomic E-state index is 0.298. The largest absolute Gasteiger partial charge is 0.447 e. The van der Waals surface area contributed by atoms with Crippen molar-refractivity contribution in [2.45, 2.75) is 33.4 Å². The molecule has 0 spiro atoms. The molecular formula is C21H24N6O2. The van der Waals surface area contributed by atoms with Crippen LogP contribution in [-0.2, 0) is 11.4 Å². The summed E-state index contributed by atoms with van der Waals surface area (Å²) in [6.45, 7) is 7.66. The Morgan fingerprint density at radius 3 is 2.86 bits per heavy atom. The minimum Gasteiger partial charge on any atom is -0.447 e. The van der Waals surface area contributed by atoms with E-state index < -0.39 is 0 Å². The average molecular weight is 392 g/mol. The van der Waals surface area contributed by atoms with Crippen LogP contribution in [0.2, 0.25) is 0 Å². The van der Waals surface area contributed by atoms with E-state index in [0.717, 1.165) is 28.1 Å². The first-order valence-electron chi connectivity index (χ1n) is 9.64. The van der Waals surface area contributed by atoms with E-state index in [2.05, 4.69) is 46.4 Å². The Hall–Kier alpha value is -3.42. The van der Waals surface area contributed by atoms with Gasteiger partial charge < -0.3 is 10.1 Å². The van der Waals surface area contributed by atoms with Crippen molar-refractivity contribution in [1.29, 1.82) is 0 Å². The quantitative estimate of drug-likeness (QED) is 0.684. The number of benzene rings is 1. The van der Waals surface area contributed by atoms with Gasteiger partial charge in [0.1, 0.15) is 13.3 Å². The number of cyclic esters (lactones) is 1. The molecule has 2 aromatic heterocycles. The van der Waals surface area contributed by atoms with Crippen molar-refractivity contribution >= 4 is 17.7 Å². The summed E-state index contributed by atoms with van der Waals surface area (Å²) < 4.78 is 6.71. The van der Waals surface area contributed by atoms with Gasteiger partial charge in [-0.25, -0.2) is 14.8 Å². The molecule has 0 aliphatic carbocycles. The van der Waals surface area contributed by atoms with Crippen LogP contribution in [0, 0.1) is 6.92 Å². The molecule has 1 aliphatic rings. The molecule has 8 heteroatoms. The van der Waals surface area contributed by atoms with E-state index in [1.165, 1.54) is 0 Å². The molecule has 3 heterocycles. The second kappa shape index (κ2) is 7.90. The summed E-state index contributed by atoms with van der Waals surface area (Å²) in [5.74, 6) is 0.918. The van der Waals surface area contributed by atoms with Gasteiger partial charge in [0.05, 0.1) is 12.7 Å². The highest BCUT2D eigenvalue weighted by atomic mass is 16.6. The van der Waals surface area contributed by atoms with E-state index in [1.807, 2.05) is 25.3 Å². The van der Waals surface area contributed by atoms with Crippen LogP contribution in [0.25, 0.3) is 11.1 Å². The van der Waals surface area contributed by atoms with Crippen LogP contribution in [0.1, 0.15) is 31.0 Å². The number of nitrogens with one attached hydrogen (secondary N) is 1. The molecule has 0 atom stereocenters. The van der Waals surface area contributed by atoms with Crippen molar-refractivity contribution < 1.29 is 9.53 Å². The van der Waals surface area contributed by atoms with Crippen molar-refractivity contribution in [3.8, 4) is 11.1 Å². The van der Waals surface area contributed by atoms with E-state index >= 15 is 0 Å². The third-order valence-corrected chi connectivity index (χ3v) is 4.73. The van der Waals surface area contributed by atoms with Gasteiger partial charge in [-0.05, 0) is 42.2 Å². The molecule has 0 unspecified atom stereocenters. The third-order valence-electron chi connectivity index (χ3n) is 4.73. The zero-order valence-electron chi connectivity index (χ0n) is 16.8. The fourth-order valence-electron chi connectivity index (χ4n) is 3.22. The molecule has 0 radical (unpaired) electrons. The summed E-state index contributed by atoms with van der Waals surface area (Å²) in [6.07, 6.45) is 5.21. The number of aromatic nitrogens is 4. The van der Waals surface area contributed by atoms with E-state index in [1.54, 1.807) is 22.0 Å². The van der Waals surface area contributed by atoms with Gasteiger partial charge in [-0.15, -0.1) is 0 Å². The zero-order valence-corrected chi connectivity index (χ0v) is 16.8. The number of ether oxygens (including phenoxy) is 1. The number of hydrogen-bond acceptors (Lipinski definition) is 6. The highest BCUT2D eigenvalue weighted by molar-refractivity contribution is 5.70. The van der Waals surface area contributed by atoms with Crippen LogP contribution < -0.4 is 5.32 Å². The summed E-state index contributed by atoms with van der Waals surface area (Å²) in [5.41, 5.74) is 5.03. The van der Waals surface area contributed by atoms with Crippen LogP contribution in [0.5, 0.6) is 0 Å². The molecule has 150 valence electrons. The van der Waals surface area contributed by atoms with E-state index in [4.69, 9.17) is 4.74 Å². The number of carbonyl (C=O) groups is 1. The molecule has 1 saturated heterocycles. The van der Waals surface area contributed by atoms with Gasteiger partial charge in [0.2, 0.25) is 5.95 Å². The topological polar surface area (TPSA) is 85.2 Å². The van der Waals surface area contributed by atoms with Crippen LogP contribution >= 0.6 is 0 Å². The first-order chi connectivity index (χ1) is 14.0. The number of nitrogens with zero attached hydrogens (tertiary/aromatic N) is 5. The summed E-state index contributed by atoms with van der Waals surface area (Å²) >= 11 is 0. The summed E-state index contributed by atoms with van der Waals surface area (Å²) in [4.78, 5) is 22.2. The molecule has 1 fully saturated rings. The summed E-state index contributed by atoms with van der Waals surface area (Å²) in [6, 6.07) is 8.13. The number of aryl methyl sites for hydroxylation is 1. The monoisotopic (exact) mass is 392 g/mol. The van der Waals surface area contributed by atoms with Gasteiger partial charge in [0, 0.05) is 29.3 Å². The first kappa shape index (κ1) is 18.9. The third kappa shape index (κ3) is 4.37. The van der Waals surface area contributed by atoms with Crippen molar-refractivity contribution in [2.24, 2.45) is 0 Å². The lowest BCUT2D eigenvalue weighted by Crippen LogP contribution is -2.27. The number of carbonyl (C=O) groups excluding carboxylic acids is 1. The summed E-state index contributed by atoms with van der Waals surface area (Å²) in [5, 5.41) is 7.69. The molecule has 8 nitrogen and oxygen atoms in total. The fraction of sp³-hybridized carbons (Fsp3) is 0.333. The maximum Gasteiger partial charge on any atom is 0.411 e. The van der Waals surface area contributed by atoms with Gasteiger partial charge >= 0.3 is 6.09 Å². The minimum atomic E-state index is -0.298. The molecule has 29 heavy (non-hydrogen) atoms. The molecule has 0 bridgehead atoms. The Kier molecular flexibility index (Phi) is 5.16. The second-order valence-corrected chi connectivity index (χ2v) is 7.46. The van der Waals surface area contributed by atoms with E-state index in [9.17, 15) is 4.79 Å². The van der Waals surface area contributed by atoms with Crippen molar-refractivity contribution in [3.63, 3.8) is 0 Å². The standard InChI is InChI=1S/C21H24N6O2/c1-14(2)19-4-5-22-20(25-19)24-18-9-15(3)8-16(10-18)17-11-23-27(12-17)13-26-6-7-29-21(26)28/h4-5,8-12,14H,6-7,13H2,1-3H3,(H,22,24,25). The maximum atomic E-state index is 11.6. The lowest BCUT2D eigenvalue weighted by molar-refractivity contribution is 0.150. The second-order valence-electron chi connectivity index (χ2n) is 7.46. The predicted molar refractivity (Wildman–Crippen MR) is 110 cm³/mol. The molecule has 4 rings (SSSR count). The average Bonchev–Trinajstić information content (AvgIpc) is 3.31. The summed E-state index contributed by atoms with van der Waals surface area (Å²) in [7, 11) is 0. The van der Waals surface area contributed by atoms with Crippen molar-refractivity contribution in [3.05, 3.63) is 54.1 Å². The Bertz CT molecular complexity index is 1030. The molecule has 1 amide bonds. The Labute approximate surface area is 169 Å². The SMILES string of the molecule is Cc1cc(Nc2nccc(C(C)C)n2)cc(-c2cnn(CN3CCOC3=O)c2)c1. The van der Waals surface area contributed by atoms with E-state index in [-0.39, 0.29) is 6.09 Å². The maximum absolute atomic E-state index is 11.6. The molecule has 1 aromatic carbocycles. The fourth-order valence-corrected chi connectivity index (χ4v) is 3.22. The molecule has 1 aliphatic heterocycles. The molecule has 1 N–H and O–H groups in total. The van der Waals surface area contributed by atoms with Gasteiger partial charge in [-0.3, -0.25) is 9.58 Å². The normalized spacial score (nSPS) is 13.8. The highest BCUT2D eigenvalue weighted by Gasteiger charge is 2.22. The lowest BCUT2D eigenvalue weighted by Gasteiger charge is -2.12. The Morgan fingerprint density at radius 1 is 1.24 bits per heavy atom. The van der Waals surface area contributed by atoms with Crippen LogP contribution in [0.4, 0.5) is 16.4 Å². The Morgan fingerprint density at radius 2 is 2.10 bits per heavy atom. The van der Waals surface area contributed by atoms with Crippen LogP contribution in [-0.4, -0.2) is 43.9 Å². The number of rotatable bonds is 6. The first-order valence-corrected chi connectivity index (χ1v) is 9.64. The van der Waals surface area contributed by atoms with Crippen molar-refractivity contribution in [2.75, 3.05) is 18.5 Å². The molecule has 0 saturated carbocycles. The van der Waals surface area contributed by atoms with Gasteiger partial charge in [-0.1, -0.05) is 19.9 Å². The zero-order chi connectivity index (χ0) is 20.4. The number of amides is 1. The lowest BCUT2D eigenvalue weighted by atomic mass is 10.1. The number of anilines is 2. The van der Waals surface area contributed by atoms with Gasteiger partial charge in [0.25, 0.3) is 0 Å². The van der Waals surface area contributed by atoms with E-state index in [0.29, 0.717) is 31.7 Å². The van der Waals surface area contributed by atoms with Crippen molar-refractivity contribution in [1.82, 2.24) is 24.6 Å². The predicted octanol–water partition coefficient (Wildman–Crippen LogP) is 3.93. The van der Waals surface area contributed by atoms with Crippen LogP contribution in [0.15, 0.2) is 42.9 Å². The van der Waals surface area contributed by atoms with Gasteiger partial charge in [0.15, 0.2) is 0 Å².